The fourth-order valence-electron chi connectivity index (χ4n) is 5.08. The van der Waals surface area contributed by atoms with Gasteiger partial charge in [0.05, 0.1) is 11.1 Å². The molecule has 0 aliphatic carbocycles. The Morgan fingerprint density at radius 3 is 1.55 bits per heavy atom. The van der Waals surface area contributed by atoms with Crippen LogP contribution < -0.4 is 9.47 Å². The average molecular weight is 693 g/mol. The highest BCUT2D eigenvalue weighted by Crippen LogP contribution is 2.39. The molecule has 0 heterocycles. The Hall–Kier alpha value is -5.00. The van der Waals surface area contributed by atoms with Crippen molar-refractivity contribution in [1.29, 1.82) is 0 Å². The molecular weight excluding hydrogens is 666 g/mol. The molecular formula is C37H26F10O2. The van der Waals surface area contributed by atoms with Crippen molar-refractivity contribution >= 4 is 0 Å². The highest BCUT2D eigenvalue weighted by Gasteiger charge is 2.39. The van der Waals surface area contributed by atoms with Crippen LogP contribution in [-0.2, 0) is 18.6 Å². The van der Waals surface area contributed by atoms with Crippen molar-refractivity contribution in [3.05, 3.63) is 143 Å². The maximum absolute atomic E-state index is 15.0. The van der Waals surface area contributed by atoms with Gasteiger partial charge in [-0.2, -0.15) is 17.6 Å². The third-order valence-corrected chi connectivity index (χ3v) is 7.62. The van der Waals surface area contributed by atoms with Crippen molar-refractivity contribution in [3.8, 4) is 33.8 Å². The molecule has 0 saturated carbocycles. The van der Waals surface area contributed by atoms with E-state index in [0.717, 1.165) is 61.6 Å². The smallest absolute Gasteiger partial charge is 0.429 e. The summed E-state index contributed by atoms with van der Waals surface area (Å²) in [4.78, 5) is 0. The van der Waals surface area contributed by atoms with E-state index in [1.165, 1.54) is 6.07 Å². The molecule has 0 N–H and O–H groups in total. The first-order chi connectivity index (χ1) is 23.2. The highest BCUT2D eigenvalue weighted by molar-refractivity contribution is 5.66. The average Bonchev–Trinajstić information content (AvgIpc) is 3.03. The molecule has 0 fully saturated rings. The molecule has 0 amide bonds. The van der Waals surface area contributed by atoms with Gasteiger partial charge in [0.1, 0.15) is 29.0 Å². The molecule has 0 aromatic heterocycles. The van der Waals surface area contributed by atoms with E-state index in [1.54, 1.807) is 12.1 Å². The van der Waals surface area contributed by atoms with Crippen LogP contribution >= 0.6 is 0 Å². The summed E-state index contributed by atoms with van der Waals surface area (Å²) in [5.41, 5.74) is -1.15. The predicted molar refractivity (Wildman–Crippen MR) is 162 cm³/mol. The lowest BCUT2D eigenvalue weighted by Gasteiger charge is -2.20. The minimum Gasteiger partial charge on any atom is -0.429 e. The van der Waals surface area contributed by atoms with E-state index in [1.807, 2.05) is 12.1 Å². The van der Waals surface area contributed by atoms with Gasteiger partial charge in [-0.1, -0.05) is 56.2 Å². The molecule has 0 spiro atoms. The van der Waals surface area contributed by atoms with Crippen molar-refractivity contribution in [1.82, 2.24) is 0 Å². The van der Waals surface area contributed by atoms with Crippen molar-refractivity contribution in [2.75, 3.05) is 0 Å². The SMILES string of the molecule is CCCCCc1ccc(-c2ccc(C(F)(F)Oc3ccc(-c4ccc(C(F)(F)Oc5cc(F)c(F)c(F)c5)c(F)c4)c(F)c3)c(F)c2)cc1. The third kappa shape index (κ3) is 8.01. The van der Waals surface area contributed by atoms with Crippen LogP contribution in [0, 0.1) is 34.9 Å². The molecule has 0 atom stereocenters. The molecule has 49 heavy (non-hydrogen) atoms. The number of hydrogen-bond donors (Lipinski definition) is 0. The van der Waals surface area contributed by atoms with Gasteiger partial charge in [0.25, 0.3) is 0 Å². The van der Waals surface area contributed by atoms with E-state index in [4.69, 9.17) is 0 Å². The summed E-state index contributed by atoms with van der Waals surface area (Å²) in [5, 5.41) is 0. The Labute approximate surface area is 274 Å². The number of aryl methyl sites for hydroxylation is 1. The Kier molecular flexibility index (Phi) is 10.3. The number of benzene rings is 5. The van der Waals surface area contributed by atoms with Gasteiger partial charge in [0.15, 0.2) is 17.5 Å². The van der Waals surface area contributed by atoms with E-state index in [-0.39, 0.29) is 17.7 Å². The summed E-state index contributed by atoms with van der Waals surface area (Å²) in [6.07, 6.45) is -4.66. The Bertz CT molecular complexity index is 1940. The molecule has 0 aliphatic rings. The maximum atomic E-state index is 15.0. The van der Waals surface area contributed by atoms with E-state index < -0.39 is 75.3 Å². The second-order valence-corrected chi connectivity index (χ2v) is 11.1. The van der Waals surface area contributed by atoms with Crippen LogP contribution in [0.15, 0.2) is 91.0 Å². The highest BCUT2D eigenvalue weighted by atomic mass is 19.3. The van der Waals surface area contributed by atoms with Crippen molar-refractivity contribution in [2.24, 2.45) is 0 Å². The quantitative estimate of drug-likeness (QED) is 0.0736. The number of hydrogen-bond acceptors (Lipinski definition) is 2. The second-order valence-electron chi connectivity index (χ2n) is 11.1. The molecule has 5 aromatic carbocycles. The molecule has 5 aromatic rings. The lowest BCUT2D eigenvalue weighted by Crippen LogP contribution is -2.23. The Morgan fingerprint density at radius 2 is 1.00 bits per heavy atom. The molecule has 5 rings (SSSR count). The lowest BCUT2D eigenvalue weighted by atomic mass is 10.00. The van der Waals surface area contributed by atoms with Crippen molar-refractivity contribution in [2.45, 2.75) is 44.8 Å². The number of ether oxygens (including phenoxy) is 2. The minimum absolute atomic E-state index is 0.138. The molecule has 256 valence electrons. The van der Waals surface area contributed by atoms with Crippen molar-refractivity contribution in [3.63, 3.8) is 0 Å². The first-order valence-electron chi connectivity index (χ1n) is 15.0. The first kappa shape index (κ1) is 35.3. The lowest BCUT2D eigenvalue weighted by molar-refractivity contribution is -0.188. The zero-order chi connectivity index (χ0) is 35.5. The normalized spacial score (nSPS) is 11.9. The van der Waals surface area contributed by atoms with Crippen LogP contribution in [0.25, 0.3) is 22.3 Å². The van der Waals surface area contributed by atoms with Crippen LogP contribution in [0.5, 0.6) is 11.5 Å². The zero-order valence-electron chi connectivity index (χ0n) is 25.6. The molecule has 0 radical (unpaired) electrons. The molecule has 12 heteroatoms. The standard InChI is InChI=1S/C37H26F10O2/c1-2-3-4-5-21-6-8-22(9-7-21)23-10-14-28(31(39)16-23)36(44,45)48-25-12-13-27(30(38)18-25)24-11-15-29(32(40)17-24)37(46,47)49-26-19-33(41)35(43)34(42)20-26/h6-20H,2-5H2,1H3. The van der Waals surface area contributed by atoms with Gasteiger partial charge in [0, 0.05) is 23.8 Å². The van der Waals surface area contributed by atoms with Gasteiger partial charge in [-0.05, 0) is 71.5 Å². The molecule has 2 nitrogen and oxygen atoms in total. The maximum Gasteiger partial charge on any atom is 0.429 e. The number of alkyl halides is 4. The van der Waals surface area contributed by atoms with Crippen molar-refractivity contribution < 1.29 is 53.4 Å². The first-order valence-corrected chi connectivity index (χ1v) is 15.0. The van der Waals surface area contributed by atoms with Crippen LogP contribution in [0.3, 0.4) is 0 Å². The molecule has 0 aliphatic heterocycles. The largest absolute Gasteiger partial charge is 0.429 e. The van der Waals surface area contributed by atoms with Gasteiger partial charge in [0.2, 0.25) is 0 Å². The van der Waals surface area contributed by atoms with Gasteiger partial charge >= 0.3 is 12.2 Å². The Balaban J connectivity index is 1.30. The van der Waals surface area contributed by atoms with Crippen LogP contribution in [0.1, 0.15) is 42.9 Å². The van der Waals surface area contributed by atoms with Gasteiger partial charge in [-0.15, -0.1) is 0 Å². The summed E-state index contributed by atoms with van der Waals surface area (Å²) < 4.78 is 153. The third-order valence-electron chi connectivity index (χ3n) is 7.62. The zero-order valence-corrected chi connectivity index (χ0v) is 25.6. The number of halogens is 10. The van der Waals surface area contributed by atoms with Crippen LogP contribution in [0.4, 0.5) is 43.9 Å². The number of rotatable bonds is 12. The molecule has 0 saturated heterocycles. The second kappa shape index (κ2) is 14.2. The number of unbranched alkanes of at least 4 members (excludes halogenated alkanes) is 2. The van der Waals surface area contributed by atoms with Crippen LogP contribution in [-0.4, -0.2) is 0 Å². The topological polar surface area (TPSA) is 18.5 Å². The van der Waals surface area contributed by atoms with E-state index in [0.29, 0.717) is 29.3 Å². The minimum atomic E-state index is -4.51. The molecule has 0 bridgehead atoms. The molecule has 0 unspecified atom stereocenters. The summed E-state index contributed by atoms with van der Waals surface area (Å²) >= 11 is 0. The van der Waals surface area contributed by atoms with E-state index >= 15 is 13.2 Å². The fourth-order valence-corrected chi connectivity index (χ4v) is 5.08. The van der Waals surface area contributed by atoms with E-state index in [9.17, 15) is 30.7 Å². The summed E-state index contributed by atoms with van der Waals surface area (Å²) in [6, 6.07) is 14.9. The van der Waals surface area contributed by atoms with Gasteiger partial charge in [-0.25, -0.2) is 26.3 Å². The van der Waals surface area contributed by atoms with Gasteiger partial charge in [-0.3, -0.25) is 0 Å². The Morgan fingerprint density at radius 1 is 0.490 bits per heavy atom. The predicted octanol–water partition coefficient (Wildman–Crippen LogP) is 11.8. The summed E-state index contributed by atoms with van der Waals surface area (Å²) in [6.45, 7) is 2.10. The monoisotopic (exact) mass is 692 g/mol. The summed E-state index contributed by atoms with van der Waals surface area (Å²) in [7, 11) is 0. The fraction of sp³-hybridized carbons (Fsp3) is 0.189. The summed E-state index contributed by atoms with van der Waals surface area (Å²) in [5.74, 6) is -11.5. The van der Waals surface area contributed by atoms with Gasteiger partial charge < -0.3 is 9.47 Å². The van der Waals surface area contributed by atoms with E-state index in [2.05, 4.69) is 16.4 Å². The van der Waals surface area contributed by atoms with Crippen LogP contribution in [0.2, 0.25) is 0 Å².